The summed E-state index contributed by atoms with van der Waals surface area (Å²) in [5.74, 6) is 1.76. The Kier molecular flexibility index (Phi) is 3.30. The number of aromatic amines is 1. The molecule has 0 aliphatic carbocycles. The van der Waals surface area contributed by atoms with Gasteiger partial charge in [-0.25, -0.2) is 4.98 Å². The Morgan fingerprint density at radius 1 is 1.40 bits per heavy atom. The van der Waals surface area contributed by atoms with Gasteiger partial charge in [-0.2, -0.15) is 0 Å². The van der Waals surface area contributed by atoms with E-state index < -0.39 is 0 Å². The van der Waals surface area contributed by atoms with Crippen molar-refractivity contribution in [1.29, 1.82) is 0 Å². The lowest BCUT2D eigenvalue weighted by Crippen LogP contribution is -2.23. The molecule has 2 aromatic rings. The summed E-state index contributed by atoms with van der Waals surface area (Å²) in [5, 5.41) is 0. The minimum Gasteiger partial charge on any atom is -0.493 e. The molecule has 0 amide bonds. The molecule has 20 heavy (non-hydrogen) atoms. The van der Waals surface area contributed by atoms with E-state index >= 15 is 0 Å². The maximum atomic E-state index is 12.0. The highest BCUT2D eigenvalue weighted by Crippen LogP contribution is 2.36. The number of H-pyrrole nitrogens is 1. The standard InChI is InChI=1S/C16H18N2O2/c1-3-13-10(2)16(19)18-15(17-13)12-8-9-20-14-7-5-4-6-11(12)14/h4-7,12H,3,8-9H2,1-2H3,(H,17,18,19). The molecule has 0 saturated heterocycles. The summed E-state index contributed by atoms with van der Waals surface area (Å²) < 4.78 is 5.67. The third-order valence-corrected chi connectivity index (χ3v) is 3.89. The third kappa shape index (κ3) is 2.11. The van der Waals surface area contributed by atoms with Crippen molar-refractivity contribution >= 4 is 0 Å². The molecule has 4 heteroatoms. The van der Waals surface area contributed by atoms with Crippen molar-refractivity contribution in [3.8, 4) is 5.75 Å². The molecule has 3 rings (SSSR count). The number of aromatic nitrogens is 2. The van der Waals surface area contributed by atoms with E-state index in [1.165, 1.54) is 0 Å². The zero-order valence-electron chi connectivity index (χ0n) is 11.8. The van der Waals surface area contributed by atoms with E-state index in [0.29, 0.717) is 6.61 Å². The fraction of sp³-hybridized carbons (Fsp3) is 0.375. The number of hydrogen-bond acceptors (Lipinski definition) is 3. The Bertz CT molecular complexity index is 691. The molecular weight excluding hydrogens is 252 g/mol. The van der Waals surface area contributed by atoms with E-state index in [4.69, 9.17) is 4.74 Å². The van der Waals surface area contributed by atoms with Crippen LogP contribution in [0.4, 0.5) is 0 Å². The van der Waals surface area contributed by atoms with E-state index in [-0.39, 0.29) is 11.5 Å². The maximum absolute atomic E-state index is 12.0. The van der Waals surface area contributed by atoms with Gasteiger partial charge in [0.15, 0.2) is 0 Å². The summed E-state index contributed by atoms with van der Waals surface area (Å²) in [5.41, 5.74) is 2.67. The Labute approximate surface area is 117 Å². The lowest BCUT2D eigenvalue weighted by molar-refractivity contribution is 0.274. The van der Waals surface area contributed by atoms with Crippen LogP contribution < -0.4 is 10.3 Å². The maximum Gasteiger partial charge on any atom is 0.254 e. The highest BCUT2D eigenvalue weighted by molar-refractivity contribution is 5.41. The van der Waals surface area contributed by atoms with Crippen LogP contribution >= 0.6 is 0 Å². The number of fused-ring (bicyclic) bond motifs is 1. The quantitative estimate of drug-likeness (QED) is 0.912. The van der Waals surface area contributed by atoms with Crippen molar-refractivity contribution in [1.82, 2.24) is 9.97 Å². The number of nitrogens with zero attached hydrogens (tertiary/aromatic N) is 1. The second-order valence-electron chi connectivity index (χ2n) is 5.10. The van der Waals surface area contributed by atoms with Gasteiger partial charge in [0.1, 0.15) is 11.6 Å². The zero-order chi connectivity index (χ0) is 14.1. The van der Waals surface area contributed by atoms with Crippen molar-refractivity contribution in [2.75, 3.05) is 6.61 Å². The number of aryl methyl sites for hydroxylation is 1. The van der Waals surface area contributed by atoms with Gasteiger partial charge in [-0.05, 0) is 25.8 Å². The second kappa shape index (κ2) is 5.12. The average molecular weight is 270 g/mol. The molecule has 1 atom stereocenters. The lowest BCUT2D eigenvalue weighted by atomic mass is 9.92. The topological polar surface area (TPSA) is 55.0 Å². The summed E-state index contributed by atoms with van der Waals surface area (Å²) >= 11 is 0. The first-order valence-electron chi connectivity index (χ1n) is 7.02. The molecule has 1 aromatic heterocycles. The molecule has 0 spiro atoms. The zero-order valence-corrected chi connectivity index (χ0v) is 11.8. The third-order valence-electron chi connectivity index (χ3n) is 3.89. The number of hydrogen-bond donors (Lipinski definition) is 1. The summed E-state index contributed by atoms with van der Waals surface area (Å²) in [7, 11) is 0. The normalized spacial score (nSPS) is 17.4. The van der Waals surface area contributed by atoms with Crippen molar-refractivity contribution in [3.05, 3.63) is 57.3 Å². The van der Waals surface area contributed by atoms with E-state index in [1.54, 1.807) is 0 Å². The second-order valence-corrected chi connectivity index (χ2v) is 5.10. The molecule has 1 aliphatic rings. The fourth-order valence-electron chi connectivity index (χ4n) is 2.73. The van der Waals surface area contributed by atoms with Crippen LogP contribution in [-0.4, -0.2) is 16.6 Å². The van der Waals surface area contributed by atoms with Crippen molar-refractivity contribution < 1.29 is 4.74 Å². The van der Waals surface area contributed by atoms with E-state index in [0.717, 1.165) is 41.2 Å². The van der Waals surface area contributed by atoms with Gasteiger partial charge in [0.2, 0.25) is 0 Å². The highest BCUT2D eigenvalue weighted by atomic mass is 16.5. The Morgan fingerprint density at radius 2 is 2.20 bits per heavy atom. The van der Waals surface area contributed by atoms with E-state index in [9.17, 15) is 4.79 Å². The van der Waals surface area contributed by atoms with Crippen LogP contribution in [0.15, 0.2) is 29.1 Å². The van der Waals surface area contributed by atoms with Crippen LogP contribution in [0.25, 0.3) is 0 Å². The van der Waals surface area contributed by atoms with Gasteiger partial charge in [-0.1, -0.05) is 25.1 Å². The minimum atomic E-state index is -0.0316. The smallest absolute Gasteiger partial charge is 0.254 e. The first-order chi connectivity index (χ1) is 9.70. The van der Waals surface area contributed by atoms with Crippen LogP contribution in [0.5, 0.6) is 5.75 Å². The first kappa shape index (κ1) is 12.9. The van der Waals surface area contributed by atoms with Crippen LogP contribution in [0.1, 0.15) is 41.9 Å². The number of nitrogens with one attached hydrogen (secondary N) is 1. The molecule has 0 radical (unpaired) electrons. The molecule has 0 fully saturated rings. The van der Waals surface area contributed by atoms with Crippen LogP contribution in [-0.2, 0) is 6.42 Å². The largest absolute Gasteiger partial charge is 0.493 e. The summed E-state index contributed by atoms with van der Waals surface area (Å²) in [6.45, 7) is 4.50. The predicted octanol–water partition coefficient (Wildman–Crippen LogP) is 2.56. The van der Waals surface area contributed by atoms with Gasteiger partial charge in [0, 0.05) is 17.0 Å². The SMILES string of the molecule is CCc1nc(C2CCOc3ccccc32)[nH]c(=O)c1C. The van der Waals surface area contributed by atoms with Crippen molar-refractivity contribution in [2.45, 2.75) is 32.6 Å². The Hall–Kier alpha value is -2.10. The molecule has 4 nitrogen and oxygen atoms in total. The van der Waals surface area contributed by atoms with Gasteiger partial charge in [0.05, 0.1) is 12.3 Å². The van der Waals surface area contributed by atoms with E-state index in [1.807, 2.05) is 38.1 Å². The summed E-state index contributed by atoms with van der Waals surface area (Å²) in [6.07, 6.45) is 1.61. The van der Waals surface area contributed by atoms with Gasteiger partial charge in [-0.15, -0.1) is 0 Å². The monoisotopic (exact) mass is 270 g/mol. The van der Waals surface area contributed by atoms with Crippen LogP contribution in [0.2, 0.25) is 0 Å². The molecule has 0 saturated carbocycles. The molecule has 104 valence electrons. The highest BCUT2D eigenvalue weighted by Gasteiger charge is 2.25. The van der Waals surface area contributed by atoms with Crippen LogP contribution in [0.3, 0.4) is 0 Å². The number of ether oxygens (including phenoxy) is 1. The lowest BCUT2D eigenvalue weighted by Gasteiger charge is -2.25. The summed E-state index contributed by atoms with van der Waals surface area (Å²) in [4.78, 5) is 19.6. The van der Waals surface area contributed by atoms with Crippen LogP contribution in [0, 0.1) is 6.92 Å². The molecular formula is C16H18N2O2. The Morgan fingerprint density at radius 3 is 3.00 bits per heavy atom. The van der Waals surface area contributed by atoms with Crippen molar-refractivity contribution in [3.63, 3.8) is 0 Å². The summed E-state index contributed by atoms with van der Waals surface area (Å²) in [6, 6.07) is 7.97. The van der Waals surface area contributed by atoms with Gasteiger partial charge in [0.25, 0.3) is 5.56 Å². The molecule has 0 bridgehead atoms. The molecule has 2 heterocycles. The predicted molar refractivity (Wildman–Crippen MR) is 77.4 cm³/mol. The number of benzene rings is 1. The first-order valence-corrected chi connectivity index (χ1v) is 7.02. The minimum absolute atomic E-state index is 0.0316. The number of rotatable bonds is 2. The average Bonchev–Trinajstić information content (AvgIpc) is 2.49. The fourth-order valence-corrected chi connectivity index (χ4v) is 2.73. The van der Waals surface area contributed by atoms with E-state index in [2.05, 4.69) is 9.97 Å². The molecule has 1 unspecified atom stereocenters. The molecule has 1 aromatic carbocycles. The van der Waals surface area contributed by atoms with Gasteiger partial charge < -0.3 is 9.72 Å². The Balaban J connectivity index is 2.11. The molecule has 1 N–H and O–H groups in total. The van der Waals surface area contributed by atoms with Crippen molar-refractivity contribution in [2.24, 2.45) is 0 Å². The van der Waals surface area contributed by atoms with Gasteiger partial charge >= 0.3 is 0 Å². The molecule has 1 aliphatic heterocycles. The number of para-hydroxylation sites is 1. The van der Waals surface area contributed by atoms with Gasteiger partial charge in [-0.3, -0.25) is 4.79 Å².